The summed E-state index contributed by atoms with van der Waals surface area (Å²) in [5.41, 5.74) is -0.162. The Morgan fingerprint density at radius 2 is 2.17 bits per heavy atom. The smallest absolute Gasteiger partial charge is 0.218 e. The number of hydrogen-bond donors (Lipinski definition) is 2. The quantitative estimate of drug-likeness (QED) is 0.743. The van der Waals surface area contributed by atoms with Crippen LogP contribution in [0, 0.1) is 0 Å². The van der Waals surface area contributed by atoms with Gasteiger partial charge in [0, 0.05) is 18.2 Å². The molecule has 18 heavy (non-hydrogen) atoms. The second kappa shape index (κ2) is 7.16. The van der Waals surface area contributed by atoms with Gasteiger partial charge in [-0.3, -0.25) is 0 Å². The van der Waals surface area contributed by atoms with Gasteiger partial charge in [-0.1, -0.05) is 13.8 Å². The van der Waals surface area contributed by atoms with Crippen LogP contribution in [0.15, 0.2) is 12.4 Å². The summed E-state index contributed by atoms with van der Waals surface area (Å²) in [6.45, 7) is 7.01. The normalized spacial score (nSPS) is 14.0. The molecule has 0 bridgehead atoms. The fraction of sp³-hybridized carbons (Fsp3) is 0.692. The van der Waals surface area contributed by atoms with E-state index in [9.17, 15) is 0 Å². The molecule has 2 N–H and O–H groups in total. The number of nitrogens with one attached hydrogen (secondary N) is 1. The van der Waals surface area contributed by atoms with Gasteiger partial charge in [-0.15, -0.1) is 0 Å². The highest BCUT2D eigenvalue weighted by molar-refractivity contribution is 5.39. The van der Waals surface area contributed by atoms with Gasteiger partial charge in [0.1, 0.15) is 12.1 Å². The first-order valence-electron chi connectivity index (χ1n) is 6.47. The number of aliphatic hydroxyl groups excluding tert-OH is 1. The lowest BCUT2D eigenvalue weighted by Gasteiger charge is -2.29. The molecule has 0 fully saturated rings. The Labute approximate surface area is 109 Å². The van der Waals surface area contributed by atoms with E-state index in [4.69, 9.17) is 9.84 Å². The number of hydrogen-bond acceptors (Lipinski definition) is 5. The molecule has 1 atom stereocenters. The SMILES string of the molecule is CCCOc1cc(NC(C)(CC)CCO)ncn1. The summed E-state index contributed by atoms with van der Waals surface area (Å²) in [7, 11) is 0. The molecule has 5 heteroatoms. The van der Waals surface area contributed by atoms with Crippen molar-refractivity contribution in [2.75, 3.05) is 18.5 Å². The Bertz CT molecular complexity index is 360. The van der Waals surface area contributed by atoms with Gasteiger partial charge in [0.05, 0.1) is 6.61 Å². The van der Waals surface area contributed by atoms with Gasteiger partial charge < -0.3 is 15.2 Å². The van der Waals surface area contributed by atoms with Crippen LogP contribution in [-0.4, -0.2) is 33.8 Å². The topological polar surface area (TPSA) is 67.3 Å². The predicted octanol–water partition coefficient (Wildman–Crippen LogP) is 2.23. The van der Waals surface area contributed by atoms with E-state index >= 15 is 0 Å². The Kier molecular flexibility index (Phi) is 5.85. The molecule has 1 aromatic rings. The summed E-state index contributed by atoms with van der Waals surface area (Å²) in [5.74, 6) is 1.31. The molecule has 0 radical (unpaired) electrons. The molecule has 5 nitrogen and oxygen atoms in total. The maximum atomic E-state index is 9.08. The molecule has 0 aromatic carbocycles. The van der Waals surface area contributed by atoms with Gasteiger partial charge >= 0.3 is 0 Å². The number of aromatic nitrogens is 2. The van der Waals surface area contributed by atoms with Crippen molar-refractivity contribution in [2.24, 2.45) is 0 Å². The van der Waals surface area contributed by atoms with Gasteiger partial charge in [-0.25, -0.2) is 9.97 Å². The van der Waals surface area contributed by atoms with Gasteiger partial charge in [0.15, 0.2) is 0 Å². The zero-order valence-corrected chi connectivity index (χ0v) is 11.4. The first-order chi connectivity index (χ1) is 8.63. The Balaban J connectivity index is 2.71. The van der Waals surface area contributed by atoms with Crippen LogP contribution in [0.3, 0.4) is 0 Å². The Hall–Kier alpha value is -1.36. The van der Waals surface area contributed by atoms with E-state index in [0.717, 1.165) is 18.7 Å². The average molecular weight is 253 g/mol. The summed E-state index contributed by atoms with van der Waals surface area (Å²) in [6.07, 6.45) is 4.02. The molecule has 0 saturated heterocycles. The van der Waals surface area contributed by atoms with Crippen molar-refractivity contribution < 1.29 is 9.84 Å². The van der Waals surface area contributed by atoms with Crippen molar-refractivity contribution in [1.29, 1.82) is 0 Å². The minimum absolute atomic E-state index is 0.154. The van der Waals surface area contributed by atoms with E-state index in [2.05, 4.69) is 36.1 Å². The van der Waals surface area contributed by atoms with E-state index in [0.29, 0.717) is 18.9 Å². The third-order valence-electron chi connectivity index (χ3n) is 2.97. The molecule has 1 unspecified atom stereocenters. The zero-order valence-electron chi connectivity index (χ0n) is 11.4. The summed E-state index contributed by atoms with van der Waals surface area (Å²) in [6, 6.07) is 1.79. The third kappa shape index (κ3) is 4.49. The zero-order chi connectivity index (χ0) is 13.4. The summed E-state index contributed by atoms with van der Waals surface area (Å²) >= 11 is 0. The molecule has 0 aliphatic rings. The summed E-state index contributed by atoms with van der Waals surface area (Å²) in [5, 5.41) is 12.4. The van der Waals surface area contributed by atoms with Gasteiger partial charge in [-0.05, 0) is 26.2 Å². The van der Waals surface area contributed by atoms with Gasteiger partial charge in [0.25, 0.3) is 0 Å². The number of nitrogens with zero attached hydrogens (tertiary/aromatic N) is 2. The molecule has 0 spiro atoms. The fourth-order valence-corrected chi connectivity index (χ4v) is 1.58. The lowest BCUT2D eigenvalue weighted by atomic mass is 9.95. The van der Waals surface area contributed by atoms with Crippen LogP contribution in [0.4, 0.5) is 5.82 Å². The van der Waals surface area contributed by atoms with E-state index in [1.807, 2.05) is 0 Å². The Morgan fingerprint density at radius 1 is 1.39 bits per heavy atom. The lowest BCUT2D eigenvalue weighted by molar-refractivity contribution is 0.251. The van der Waals surface area contributed by atoms with E-state index in [1.165, 1.54) is 6.33 Å². The van der Waals surface area contributed by atoms with Crippen molar-refractivity contribution in [3.63, 3.8) is 0 Å². The molecule has 0 saturated carbocycles. The molecule has 0 aliphatic heterocycles. The molecule has 0 aliphatic carbocycles. The maximum absolute atomic E-state index is 9.08. The van der Waals surface area contributed by atoms with Crippen LogP contribution < -0.4 is 10.1 Å². The van der Waals surface area contributed by atoms with Gasteiger partial charge in [-0.2, -0.15) is 0 Å². The minimum atomic E-state index is -0.162. The van der Waals surface area contributed by atoms with E-state index in [-0.39, 0.29) is 12.1 Å². The maximum Gasteiger partial charge on any atom is 0.218 e. The van der Waals surface area contributed by atoms with Crippen LogP contribution in [-0.2, 0) is 0 Å². The molecular weight excluding hydrogens is 230 g/mol. The van der Waals surface area contributed by atoms with Crippen molar-refractivity contribution >= 4 is 5.82 Å². The monoisotopic (exact) mass is 253 g/mol. The number of anilines is 1. The number of ether oxygens (including phenoxy) is 1. The molecule has 102 valence electrons. The molecular formula is C13H23N3O2. The Morgan fingerprint density at radius 3 is 2.78 bits per heavy atom. The first-order valence-corrected chi connectivity index (χ1v) is 6.47. The highest BCUT2D eigenvalue weighted by Gasteiger charge is 2.21. The second-order valence-corrected chi connectivity index (χ2v) is 4.60. The standard InChI is InChI=1S/C13H23N3O2/c1-4-8-18-12-9-11(14-10-15-12)16-13(3,5-2)6-7-17/h9-10,17H,4-8H2,1-3H3,(H,14,15,16). The molecule has 1 heterocycles. The number of rotatable bonds is 8. The van der Waals surface area contributed by atoms with Crippen LogP contribution in [0.25, 0.3) is 0 Å². The van der Waals surface area contributed by atoms with Crippen LogP contribution in [0.1, 0.15) is 40.0 Å². The lowest BCUT2D eigenvalue weighted by Crippen LogP contribution is -2.35. The summed E-state index contributed by atoms with van der Waals surface area (Å²) in [4.78, 5) is 8.23. The van der Waals surface area contributed by atoms with Crippen LogP contribution in [0.5, 0.6) is 5.88 Å². The first kappa shape index (κ1) is 14.7. The third-order valence-corrected chi connectivity index (χ3v) is 2.97. The van der Waals surface area contributed by atoms with Crippen molar-refractivity contribution in [2.45, 2.75) is 45.6 Å². The van der Waals surface area contributed by atoms with Crippen molar-refractivity contribution in [1.82, 2.24) is 9.97 Å². The highest BCUT2D eigenvalue weighted by Crippen LogP contribution is 2.21. The molecule has 1 rings (SSSR count). The second-order valence-electron chi connectivity index (χ2n) is 4.60. The van der Waals surface area contributed by atoms with Crippen LogP contribution in [0.2, 0.25) is 0 Å². The largest absolute Gasteiger partial charge is 0.478 e. The summed E-state index contributed by atoms with van der Waals surface area (Å²) < 4.78 is 5.46. The van der Waals surface area contributed by atoms with E-state index < -0.39 is 0 Å². The fourth-order valence-electron chi connectivity index (χ4n) is 1.58. The minimum Gasteiger partial charge on any atom is -0.478 e. The molecule has 0 amide bonds. The molecule has 1 aromatic heterocycles. The predicted molar refractivity (Wildman–Crippen MR) is 71.8 cm³/mol. The highest BCUT2D eigenvalue weighted by atomic mass is 16.5. The number of aliphatic hydroxyl groups is 1. The van der Waals surface area contributed by atoms with Crippen LogP contribution >= 0.6 is 0 Å². The van der Waals surface area contributed by atoms with Crippen molar-refractivity contribution in [3.05, 3.63) is 12.4 Å². The van der Waals surface area contributed by atoms with Gasteiger partial charge in [0.2, 0.25) is 5.88 Å². The van der Waals surface area contributed by atoms with E-state index in [1.54, 1.807) is 6.07 Å². The van der Waals surface area contributed by atoms with Crippen molar-refractivity contribution in [3.8, 4) is 5.88 Å². The average Bonchev–Trinajstić information content (AvgIpc) is 2.37.